The van der Waals surface area contributed by atoms with Gasteiger partial charge in [0.15, 0.2) is 5.76 Å². The number of β-amino-alcohol motifs (C(OH)–C–C–N with tert-alkyl or cyclic N) is 1. The van der Waals surface area contributed by atoms with Gasteiger partial charge in [-0.05, 0) is 31.5 Å². The Kier molecular flexibility index (Phi) is 3.88. The highest BCUT2D eigenvalue weighted by Gasteiger charge is 2.21. The Labute approximate surface area is 120 Å². The van der Waals surface area contributed by atoms with Crippen molar-refractivity contribution >= 4 is 22.9 Å². The lowest BCUT2D eigenvalue weighted by atomic mass is 10.1. The minimum Gasteiger partial charge on any atom is -0.392 e. The molecule has 1 N–H and O–H groups in total. The molecule has 2 aromatic heterocycles. The Morgan fingerprint density at radius 2 is 2.42 bits per heavy atom. The number of halogens is 1. The molecule has 19 heavy (non-hydrogen) atoms. The average Bonchev–Trinajstić information content (AvgIpc) is 2.98. The molecule has 3 heterocycles. The summed E-state index contributed by atoms with van der Waals surface area (Å²) in [6.45, 7) is 2.48. The maximum Gasteiger partial charge on any atom is 0.181 e. The molecule has 0 bridgehead atoms. The summed E-state index contributed by atoms with van der Waals surface area (Å²) in [5, 5.41) is 13.6. The largest absolute Gasteiger partial charge is 0.392 e. The van der Waals surface area contributed by atoms with Crippen LogP contribution in [0, 0.1) is 0 Å². The van der Waals surface area contributed by atoms with Gasteiger partial charge in [-0.1, -0.05) is 16.8 Å². The van der Waals surface area contributed by atoms with Crippen molar-refractivity contribution < 1.29 is 9.63 Å². The molecule has 1 saturated heterocycles. The van der Waals surface area contributed by atoms with E-state index in [1.165, 1.54) is 11.3 Å². The Morgan fingerprint density at radius 3 is 3.16 bits per heavy atom. The van der Waals surface area contributed by atoms with E-state index in [0.717, 1.165) is 53.0 Å². The van der Waals surface area contributed by atoms with Crippen LogP contribution in [0.3, 0.4) is 0 Å². The molecule has 1 fully saturated rings. The average molecular weight is 299 g/mol. The number of aliphatic hydroxyl groups excluding tert-OH is 1. The molecule has 1 aliphatic rings. The molecule has 3 rings (SSSR count). The molecule has 0 radical (unpaired) electrons. The molecule has 102 valence electrons. The zero-order valence-corrected chi connectivity index (χ0v) is 12.0. The van der Waals surface area contributed by atoms with Crippen LogP contribution in [0.1, 0.15) is 18.4 Å². The number of hydrogen-bond acceptors (Lipinski definition) is 5. The summed E-state index contributed by atoms with van der Waals surface area (Å²) < 4.78 is 6.09. The van der Waals surface area contributed by atoms with Crippen LogP contribution in [0.5, 0.6) is 0 Å². The van der Waals surface area contributed by atoms with Gasteiger partial charge in [0.2, 0.25) is 0 Å². The Morgan fingerprint density at radius 1 is 1.53 bits per heavy atom. The fourth-order valence-electron chi connectivity index (χ4n) is 2.43. The van der Waals surface area contributed by atoms with Gasteiger partial charge in [-0.15, -0.1) is 11.3 Å². The second-order valence-electron chi connectivity index (χ2n) is 4.82. The van der Waals surface area contributed by atoms with E-state index in [4.69, 9.17) is 16.1 Å². The first-order valence-electron chi connectivity index (χ1n) is 6.32. The highest BCUT2D eigenvalue weighted by atomic mass is 35.5. The number of rotatable bonds is 3. The van der Waals surface area contributed by atoms with Crippen LogP contribution in [0.25, 0.3) is 10.6 Å². The zero-order chi connectivity index (χ0) is 13.2. The van der Waals surface area contributed by atoms with E-state index in [9.17, 15) is 5.11 Å². The second kappa shape index (κ2) is 5.63. The van der Waals surface area contributed by atoms with E-state index in [1.54, 1.807) is 6.20 Å². The highest BCUT2D eigenvalue weighted by Crippen LogP contribution is 2.33. The Balaban J connectivity index is 1.77. The third-order valence-electron chi connectivity index (χ3n) is 3.32. The number of thiophene rings is 1. The molecule has 0 aliphatic carbocycles. The van der Waals surface area contributed by atoms with Crippen molar-refractivity contribution in [3.8, 4) is 10.6 Å². The minimum atomic E-state index is -0.215. The number of nitrogens with zero attached hydrogens (tertiary/aromatic N) is 2. The molecule has 4 nitrogen and oxygen atoms in total. The van der Waals surface area contributed by atoms with E-state index in [-0.39, 0.29) is 6.10 Å². The quantitative estimate of drug-likeness (QED) is 0.946. The van der Waals surface area contributed by atoms with Crippen molar-refractivity contribution in [2.45, 2.75) is 25.5 Å². The van der Waals surface area contributed by atoms with Gasteiger partial charge in [-0.3, -0.25) is 4.90 Å². The first-order valence-corrected chi connectivity index (χ1v) is 7.51. The van der Waals surface area contributed by atoms with Gasteiger partial charge in [-0.2, -0.15) is 0 Å². The van der Waals surface area contributed by atoms with Crippen molar-refractivity contribution in [2.24, 2.45) is 0 Å². The van der Waals surface area contributed by atoms with Gasteiger partial charge in [0.25, 0.3) is 0 Å². The third kappa shape index (κ3) is 3.00. The van der Waals surface area contributed by atoms with Gasteiger partial charge in [-0.25, -0.2) is 0 Å². The SMILES string of the molecule is OC1CCCN(Cc2cnoc2-c2ccc(Cl)s2)C1. The van der Waals surface area contributed by atoms with Crippen LogP contribution >= 0.6 is 22.9 Å². The summed E-state index contributed by atoms with van der Waals surface area (Å²) in [6.07, 6.45) is 3.47. The van der Waals surface area contributed by atoms with Crippen LogP contribution in [-0.4, -0.2) is 34.4 Å². The van der Waals surface area contributed by atoms with E-state index in [1.807, 2.05) is 12.1 Å². The molecule has 1 aliphatic heterocycles. The second-order valence-corrected chi connectivity index (χ2v) is 6.53. The molecule has 0 spiro atoms. The smallest absolute Gasteiger partial charge is 0.181 e. The van der Waals surface area contributed by atoms with Crippen molar-refractivity contribution in [3.63, 3.8) is 0 Å². The molecule has 1 unspecified atom stereocenters. The van der Waals surface area contributed by atoms with Crippen LogP contribution in [0.2, 0.25) is 4.34 Å². The first kappa shape index (κ1) is 13.1. The van der Waals surface area contributed by atoms with Gasteiger partial charge in [0, 0.05) is 18.7 Å². The van der Waals surface area contributed by atoms with Gasteiger partial charge >= 0.3 is 0 Å². The third-order valence-corrected chi connectivity index (χ3v) is 4.55. The number of aromatic nitrogens is 1. The van der Waals surface area contributed by atoms with E-state index in [2.05, 4.69) is 10.1 Å². The van der Waals surface area contributed by atoms with Gasteiger partial charge < -0.3 is 9.63 Å². The lowest BCUT2D eigenvalue weighted by Crippen LogP contribution is -2.37. The first-order chi connectivity index (χ1) is 9.22. The van der Waals surface area contributed by atoms with E-state index < -0.39 is 0 Å². The van der Waals surface area contributed by atoms with Gasteiger partial charge in [0.1, 0.15) is 0 Å². The molecule has 2 aromatic rings. The summed E-state index contributed by atoms with van der Waals surface area (Å²) in [4.78, 5) is 3.23. The van der Waals surface area contributed by atoms with Gasteiger partial charge in [0.05, 0.1) is 21.5 Å². The fourth-order valence-corrected chi connectivity index (χ4v) is 3.48. The van der Waals surface area contributed by atoms with Crippen LogP contribution in [-0.2, 0) is 6.54 Å². The predicted octanol–water partition coefficient (Wildman–Crippen LogP) is 3.01. The van der Waals surface area contributed by atoms with Crippen molar-refractivity contribution in [3.05, 3.63) is 28.2 Å². The highest BCUT2D eigenvalue weighted by molar-refractivity contribution is 7.19. The Hall–Kier alpha value is -0.880. The number of aliphatic hydroxyl groups is 1. The lowest BCUT2D eigenvalue weighted by Gasteiger charge is -2.29. The fraction of sp³-hybridized carbons (Fsp3) is 0.462. The summed E-state index contributed by atoms with van der Waals surface area (Å²) >= 11 is 7.44. The minimum absolute atomic E-state index is 0.215. The van der Waals surface area contributed by atoms with Crippen molar-refractivity contribution in [1.29, 1.82) is 0 Å². The lowest BCUT2D eigenvalue weighted by molar-refractivity contribution is 0.0668. The molecule has 1 atom stereocenters. The van der Waals surface area contributed by atoms with E-state index >= 15 is 0 Å². The number of hydrogen-bond donors (Lipinski definition) is 1. The van der Waals surface area contributed by atoms with Crippen LogP contribution in [0.15, 0.2) is 22.9 Å². The van der Waals surface area contributed by atoms with Crippen molar-refractivity contribution in [1.82, 2.24) is 10.1 Å². The summed E-state index contributed by atoms with van der Waals surface area (Å²) in [5.74, 6) is 0.789. The molecular weight excluding hydrogens is 284 g/mol. The van der Waals surface area contributed by atoms with Crippen molar-refractivity contribution in [2.75, 3.05) is 13.1 Å². The van der Waals surface area contributed by atoms with Crippen LogP contribution in [0.4, 0.5) is 0 Å². The molecule has 0 saturated carbocycles. The maximum absolute atomic E-state index is 9.70. The topological polar surface area (TPSA) is 49.5 Å². The monoisotopic (exact) mass is 298 g/mol. The summed E-state index contributed by atoms with van der Waals surface area (Å²) in [6, 6.07) is 3.81. The van der Waals surface area contributed by atoms with Crippen LogP contribution < -0.4 is 0 Å². The standard InChI is InChI=1S/C13H15ClN2O2S/c14-12-4-3-11(19-12)13-9(6-15-18-13)7-16-5-1-2-10(17)8-16/h3-4,6,10,17H,1-2,5,7-8H2. The number of likely N-dealkylation sites (tertiary alicyclic amines) is 1. The molecule has 0 aromatic carbocycles. The maximum atomic E-state index is 9.70. The molecule has 6 heteroatoms. The zero-order valence-electron chi connectivity index (χ0n) is 10.4. The predicted molar refractivity (Wildman–Crippen MR) is 75.3 cm³/mol. The molecule has 0 amide bonds. The summed E-state index contributed by atoms with van der Waals surface area (Å²) in [5.41, 5.74) is 1.05. The van der Waals surface area contributed by atoms with E-state index in [0.29, 0.717) is 0 Å². The normalized spacial score (nSPS) is 20.8. The summed E-state index contributed by atoms with van der Waals surface area (Å²) in [7, 11) is 0. The molecular formula is C13H15ClN2O2S. The Bertz CT molecular complexity index is 554. The number of piperidine rings is 1.